The fraction of sp³-hybridized carbons (Fsp3) is 0.263. The Morgan fingerprint density at radius 1 is 1.15 bits per heavy atom. The van der Waals surface area contributed by atoms with Gasteiger partial charge in [-0.1, -0.05) is 6.07 Å². The average molecular weight is 351 g/mol. The van der Waals surface area contributed by atoms with E-state index in [1.54, 1.807) is 24.3 Å². The van der Waals surface area contributed by atoms with Crippen molar-refractivity contribution in [2.24, 2.45) is 0 Å². The zero-order chi connectivity index (χ0) is 18.5. The van der Waals surface area contributed by atoms with Gasteiger partial charge in [0, 0.05) is 19.2 Å². The van der Waals surface area contributed by atoms with Crippen molar-refractivity contribution in [3.05, 3.63) is 63.7 Å². The number of rotatable bonds is 4. The molecule has 7 nitrogen and oxygen atoms in total. The number of esters is 1. The molecule has 26 heavy (non-hydrogen) atoms. The van der Waals surface area contributed by atoms with Gasteiger partial charge in [0.15, 0.2) is 0 Å². The van der Waals surface area contributed by atoms with Gasteiger partial charge in [-0.05, 0) is 49.6 Å². The van der Waals surface area contributed by atoms with Crippen LogP contribution < -0.4 is 9.64 Å². The van der Waals surface area contributed by atoms with Crippen LogP contribution in [0.4, 0.5) is 11.4 Å². The summed E-state index contributed by atoms with van der Waals surface area (Å²) in [6, 6.07) is 12.5. The van der Waals surface area contributed by atoms with Gasteiger partial charge in [-0.3, -0.25) is 10.1 Å². The van der Waals surface area contributed by atoms with Crippen molar-refractivity contribution in [2.75, 3.05) is 18.0 Å². The third-order valence-electron chi connectivity index (χ3n) is 4.28. The molecule has 7 heteroatoms. The third-order valence-corrected chi connectivity index (χ3v) is 4.28. The maximum atomic E-state index is 12.3. The summed E-state index contributed by atoms with van der Waals surface area (Å²) < 4.78 is 5.24. The molecular weight excluding hydrogens is 334 g/mol. The minimum Gasteiger partial charge on any atom is -0.423 e. The zero-order valence-electron chi connectivity index (χ0n) is 14.1. The van der Waals surface area contributed by atoms with Gasteiger partial charge in [-0.25, -0.2) is 4.79 Å². The lowest BCUT2D eigenvalue weighted by Gasteiger charge is -2.28. The minimum atomic E-state index is -0.701. The van der Waals surface area contributed by atoms with E-state index in [1.165, 1.54) is 18.2 Å². The Kier molecular flexibility index (Phi) is 5.13. The van der Waals surface area contributed by atoms with Crippen molar-refractivity contribution in [1.29, 1.82) is 5.26 Å². The van der Waals surface area contributed by atoms with E-state index >= 15 is 0 Å². The molecule has 0 amide bonds. The number of carbonyl (C=O) groups excluding carboxylic acids is 1. The van der Waals surface area contributed by atoms with E-state index in [9.17, 15) is 14.9 Å². The highest BCUT2D eigenvalue weighted by Gasteiger charge is 2.23. The van der Waals surface area contributed by atoms with E-state index in [0.717, 1.165) is 32.4 Å². The highest BCUT2D eigenvalue weighted by atomic mass is 16.6. The van der Waals surface area contributed by atoms with Crippen LogP contribution in [0.15, 0.2) is 42.5 Å². The molecule has 1 aliphatic rings. The van der Waals surface area contributed by atoms with Crippen LogP contribution in [0.5, 0.6) is 5.75 Å². The Morgan fingerprint density at radius 2 is 1.92 bits per heavy atom. The second-order valence-electron chi connectivity index (χ2n) is 6.04. The summed E-state index contributed by atoms with van der Waals surface area (Å²) in [5, 5.41) is 20.4. The first-order valence-electron chi connectivity index (χ1n) is 8.34. The van der Waals surface area contributed by atoms with Gasteiger partial charge in [-0.2, -0.15) is 5.26 Å². The molecule has 2 aromatic carbocycles. The van der Waals surface area contributed by atoms with E-state index in [-0.39, 0.29) is 17.0 Å². The number of benzene rings is 2. The molecule has 1 fully saturated rings. The fourth-order valence-electron chi connectivity index (χ4n) is 2.99. The normalized spacial score (nSPS) is 13.7. The van der Waals surface area contributed by atoms with Crippen LogP contribution in [0.2, 0.25) is 0 Å². The minimum absolute atomic E-state index is 0.0971. The number of carbonyl (C=O) groups is 1. The summed E-state index contributed by atoms with van der Waals surface area (Å²) in [4.78, 5) is 25.3. The molecule has 1 heterocycles. The summed E-state index contributed by atoms with van der Waals surface area (Å²) >= 11 is 0. The second-order valence-corrected chi connectivity index (χ2v) is 6.04. The molecule has 2 aromatic rings. The monoisotopic (exact) mass is 351 g/mol. The van der Waals surface area contributed by atoms with Gasteiger partial charge in [0.05, 0.1) is 22.1 Å². The van der Waals surface area contributed by atoms with Gasteiger partial charge >= 0.3 is 5.97 Å². The van der Waals surface area contributed by atoms with E-state index in [1.807, 2.05) is 11.0 Å². The van der Waals surface area contributed by atoms with Crippen LogP contribution in [0, 0.1) is 21.4 Å². The molecule has 0 spiro atoms. The lowest BCUT2D eigenvalue weighted by atomic mass is 10.1. The molecule has 0 saturated carbocycles. The van der Waals surface area contributed by atoms with Crippen molar-refractivity contribution < 1.29 is 14.5 Å². The molecule has 132 valence electrons. The number of nitrogens with zero attached hydrogens (tertiary/aromatic N) is 3. The lowest BCUT2D eigenvalue weighted by molar-refractivity contribution is -0.384. The van der Waals surface area contributed by atoms with Crippen LogP contribution in [-0.2, 0) is 0 Å². The number of nitriles is 1. The standard InChI is InChI=1S/C19H17N3O4/c20-13-14-5-4-6-16(11-14)26-19(23)15-7-8-17(18(12-15)22(24)25)21-9-2-1-3-10-21/h4-8,11-12H,1-3,9-10H2. The lowest BCUT2D eigenvalue weighted by Crippen LogP contribution is -2.30. The molecule has 0 unspecified atom stereocenters. The SMILES string of the molecule is N#Cc1cccc(OC(=O)c2ccc(N3CCCCC3)c([N+](=O)[O-])c2)c1. The molecule has 1 aliphatic heterocycles. The topological polar surface area (TPSA) is 96.5 Å². The quantitative estimate of drug-likeness (QED) is 0.361. The van der Waals surface area contributed by atoms with Crippen molar-refractivity contribution in [3.63, 3.8) is 0 Å². The maximum Gasteiger partial charge on any atom is 0.343 e. The first-order valence-corrected chi connectivity index (χ1v) is 8.34. The van der Waals surface area contributed by atoms with E-state index in [4.69, 9.17) is 10.00 Å². The first kappa shape index (κ1) is 17.4. The molecule has 0 atom stereocenters. The Hall–Kier alpha value is -3.40. The van der Waals surface area contributed by atoms with Crippen molar-refractivity contribution in [2.45, 2.75) is 19.3 Å². The van der Waals surface area contributed by atoms with Gasteiger partial charge in [0.1, 0.15) is 11.4 Å². The highest BCUT2D eigenvalue weighted by Crippen LogP contribution is 2.31. The number of nitro groups is 1. The van der Waals surface area contributed by atoms with Crippen LogP contribution in [0.25, 0.3) is 0 Å². The molecule has 0 bridgehead atoms. The van der Waals surface area contributed by atoms with Crippen molar-refractivity contribution in [1.82, 2.24) is 0 Å². The number of ether oxygens (including phenoxy) is 1. The summed E-state index contributed by atoms with van der Waals surface area (Å²) in [5.74, 6) is -0.481. The fourth-order valence-corrected chi connectivity index (χ4v) is 2.99. The molecule has 0 N–H and O–H groups in total. The van der Waals surface area contributed by atoms with Gasteiger partial charge in [0.25, 0.3) is 5.69 Å². The van der Waals surface area contributed by atoms with Crippen LogP contribution in [0.1, 0.15) is 35.2 Å². The van der Waals surface area contributed by atoms with E-state index in [0.29, 0.717) is 11.3 Å². The molecule has 1 saturated heterocycles. The maximum absolute atomic E-state index is 12.3. The smallest absolute Gasteiger partial charge is 0.343 e. The van der Waals surface area contributed by atoms with Crippen LogP contribution in [0.3, 0.4) is 0 Å². The Balaban J connectivity index is 1.85. The van der Waals surface area contributed by atoms with E-state index in [2.05, 4.69) is 0 Å². The predicted octanol–water partition coefficient (Wildman–Crippen LogP) is 3.68. The first-order chi connectivity index (χ1) is 12.6. The number of anilines is 1. The summed E-state index contributed by atoms with van der Waals surface area (Å²) in [6.07, 6.45) is 3.11. The number of hydrogen-bond acceptors (Lipinski definition) is 6. The molecule has 0 aliphatic carbocycles. The van der Waals surface area contributed by atoms with Crippen LogP contribution >= 0.6 is 0 Å². The molecule has 0 aromatic heterocycles. The van der Waals surface area contributed by atoms with Gasteiger partial charge in [-0.15, -0.1) is 0 Å². The average Bonchev–Trinajstić information content (AvgIpc) is 2.68. The predicted molar refractivity (Wildman–Crippen MR) is 95.3 cm³/mol. The van der Waals surface area contributed by atoms with Crippen molar-refractivity contribution >= 4 is 17.3 Å². The second kappa shape index (κ2) is 7.66. The highest BCUT2D eigenvalue weighted by molar-refractivity contribution is 5.93. The third kappa shape index (κ3) is 3.81. The van der Waals surface area contributed by atoms with Gasteiger partial charge in [0.2, 0.25) is 0 Å². The zero-order valence-corrected chi connectivity index (χ0v) is 14.1. The number of hydrogen-bond donors (Lipinski definition) is 0. The molecule has 3 rings (SSSR count). The van der Waals surface area contributed by atoms with Gasteiger partial charge < -0.3 is 9.64 Å². The largest absolute Gasteiger partial charge is 0.423 e. The summed E-state index contributed by atoms with van der Waals surface area (Å²) in [6.45, 7) is 1.54. The summed E-state index contributed by atoms with van der Waals surface area (Å²) in [5.41, 5.74) is 0.881. The van der Waals surface area contributed by atoms with E-state index < -0.39 is 10.9 Å². The molecule has 0 radical (unpaired) electrons. The summed E-state index contributed by atoms with van der Waals surface area (Å²) in [7, 11) is 0. The Morgan fingerprint density at radius 3 is 2.62 bits per heavy atom. The Bertz CT molecular complexity index is 883. The van der Waals surface area contributed by atoms with Crippen molar-refractivity contribution in [3.8, 4) is 11.8 Å². The number of piperidine rings is 1. The molecular formula is C19H17N3O4. The van der Waals surface area contributed by atoms with Crippen LogP contribution in [-0.4, -0.2) is 24.0 Å². The number of nitro benzene ring substituents is 1. The Labute approximate surface area is 150 Å².